The van der Waals surface area contributed by atoms with Crippen LogP contribution in [-0.2, 0) is 16.6 Å². The molecule has 0 amide bonds. The van der Waals surface area contributed by atoms with Crippen LogP contribution in [0.3, 0.4) is 0 Å². The van der Waals surface area contributed by atoms with E-state index in [1.54, 1.807) is 30.0 Å². The number of nitrogens with two attached hydrogens (primary N) is 1. The third kappa shape index (κ3) is 4.81. The Balaban J connectivity index is 2.48. The van der Waals surface area contributed by atoms with Gasteiger partial charge in [0.1, 0.15) is 4.21 Å². The van der Waals surface area contributed by atoms with Crippen molar-refractivity contribution >= 4 is 33.1 Å². The minimum Gasteiger partial charge on any atom is -0.326 e. The first-order valence-electron chi connectivity index (χ1n) is 5.07. The third-order valence-corrected chi connectivity index (χ3v) is 5.90. The molecule has 1 rings (SSSR count). The first-order valence-corrected chi connectivity index (χ1v) is 8.52. The van der Waals surface area contributed by atoms with E-state index in [4.69, 9.17) is 5.73 Å². The zero-order valence-corrected chi connectivity index (χ0v) is 11.8. The van der Waals surface area contributed by atoms with Gasteiger partial charge in [-0.15, -0.1) is 17.9 Å². The average Bonchev–Trinajstić information content (AvgIpc) is 2.78. The zero-order valence-electron chi connectivity index (χ0n) is 9.39. The molecular weight excluding hydrogens is 276 g/mol. The molecule has 0 aliphatic rings. The first kappa shape index (κ1) is 14.7. The van der Waals surface area contributed by atoms with Crippen LogP contribution in [0.5, 0.6) is 0 Å². The molecule has 0 saturated heterocycles. The summed E-state index contributed by atoms with van der Waals surface area (Å²) in [6, 6.07) is 3.33. The predicted octanol–water partition coefficient (Wildman–Crippen LogP) is 1.40. The SMILES string of the molecule is C=CCSCCNS(=O)(=O)c1ccc(CN)s1. The van der Waals surface area contributed by atoms with Gasteiger partial charge in [0.2, 0.25) is 10.0 Å². The molecule has 0 bridgehead atoms. The number of nitrogens with one attached hydrogen (secondary N) is 1. The summed E-state index contributed by atoms with van der Waals surface area (Å²) in [7, 11) is -3.36. The van der Waals surface area contributed by atoms with Crippen LogP contribution in [0.15, 0.2) is 29.0 Å². The zero-order chi connectivity index (χ0) is 12.7. The molecule has 0 radical (unpaired) electrons. The highest BCUT2D eigenvalue weighted by Gasteiger charge is 2.15. The van der Waals surface area contributed by atoms with Gasteiger partial charge in [0.05, 0.1) is 0 Å². The van der Waals surface area contributed by atoms with Crippen LogP contribution in [-0.4, -0.2) is 26.5 Å². The summed E-state index contributed by atoms with van der Waals surface area (Å²) >= 11 is 2.85. The van der Waals surface area contributed by atoms with E-state index in [0.717, 1.165) is 16.4 Å². The van der Waals surface area contributed by atoms with Crippen molar-refractivity contribution in [1.29, 1.82) is 0 Å². The number of thiophene rings is 1. The van der Waals surface area contributed by atoms with Crippen molar-refractivity contribution in [3.63, 3.8) is 0 Å². The van der Waals surface area contributed by atoms with E-state index >= 15 is 0 Å². The van der Waals surface area contributed by atoms with E-state index in [1.807, 2.05) is 0 Å². The van der Waals surface area contributed by atoms with Crippen molar-refractivity contribution in [3.8, 4) is 0 Å². The van der Waals surface area contributed by atoms with Gasteiger partial charge in [0.15, 0.2) is 0 Å². The summed E-state index contributed by atoms with van der Waals surface area (Å²) < 4.78 is 26.5. The van der Waals surface area contributed by atoms with Gasteiger partial charge in [-0.25, -0.2) is 13.1 Å². The number of hydrogen-bond acceptors (Lipinski definition) is 5. The molecule has 0 aromatic carbocycles. The topological polar surface area (TPSA) is 72.2 Å². The van der Waals surface area contributed by atoms with E-state index in [-0.39, 0.29) is 0 Å². The molecule has 0 aliphatic heterocycles. The Morgan fingerprint density at radius 2 is 2.29 bits per heavy atom. The maximum atomic E-state index is 11.8. The van der Waals surface area contributed by atoms with Crippen molar-refractivity contribution in [2.24, 2.45) is 5.73 Å². The molecule has 96 valence electrons. The predicted molar refractivity (Wildman–Crippen MR) is 74.9 cm³/mol. The van der Waals surface area contributed by atoms with Gasteiger partial charge in [0, 0.05) is 29.5 Å². The third-order valence-electron chi connectivity index (χ3n) is 1.88. The monoisotopic (exact) mass is 292 g/mol. The molecule has 17 heavy (non-hydrogen) atoms. The largest absolute Gasteiger partial charge is 0.326 e. The second-order valence-corrected chi connectivity index (χ2v) is 7.50. The lowest BCUT2D eigenvalue weighted by Gasteiger charge is -2.03. The van der Waals surface area contributed by atoms with Crippen LogP contribution >= 0.6 is 23.1 Å². The lowest BCUT2D eigenvalue weighted by atomic mass is 10.5. The van der Waals surface area contributed by atoms with Gasteiger partial charge in [-0.3, -0.25) is 0 Å². The highest BCUT2D eigenvalue weighted by Crippen LogP contribution is 2.20. The van der Waals surface area contributed by atoms with Crippen LogP contribution in [0.1, 0.15) is 4.88 Å². The Bertz CT molecular complexity index is 454. The number of rotatable bonds is 8. The number of sulfonamides is 1. The Labute approximate surface area is 110 Å². The second-order valence-electron chi connectivity index (χ2n) is 3.19. The van der Waals surface area contributed by atoms with Crippen LogP contribution in [0.4, 0.5) is 0 Å². The molecule has 0 fully saturated rings. The van der Waals surface area contributed by atoms with Gasteiger partial charge in [-0.05, 0) is 12.1 Å². The fraction of sp³-hybridized carbons (Fsp3) is 0.400. The van der Waals surface area contributed by atoms with E-state index in [1.165, 1.54) is 11.3 Å². The molecule has 0 spiro atoms. The molecule has 1 aromatic heterocycles. The Morgan fingerprint density at radius 1 is 1.53 bits per heavy atom. The van der Waals surface area contributed by atoms with Gasteiger partial charge in [-0.1, -0.05) is 6.08 Å². The highest BCUT2D eigenvalue weighted by atomic mass is 32.2. The quantitative estimate of drug-likeness (QED) is 0.561. The van der Waals surface area contributed by atoms with Gasteiger partial charge >= 0.3 is 0 Å². The molecule has 1 aromatic rings. The molecule has 0 aliphatic carbocycles. The minimum absolute atomic E-state index is 0.326. The normalized spacial score (nSPS) is 11.6. The summed E-state index contributed by atoms with van der Waals surface area (Å²) in [6.07, 6.45) is 1.80. The standard InChI is InChI=1S/C10H16N2O2S3/c1-2-6-15-7-5-12-17(13,14)10-4-3-9(8-11)16-10/h2-4,12H,1,5-8,11H2. The number of hydrogen-bond donors (Lipinski definition) is 2. The molecule has 0 atom stereocenters. The molecular formula is C10H16N2O2S3. The molecule has 0 saturated carbocycles. The minimum atomic E-state index is -3.36. The smallest absolute Gasteiger partial charge is 0.250 e. The fourth-order valence-electron chi connectivity index (χ4n) is 1.10. The number of thioether (sulfide) groups is 1. The van der Waals surface area contributed by atoms with Crippen LogP contribution in [0.2, 0.25) is 0 Å². The van der Waals surface area contributed by atoms with E-state index in [9.17, 15) is 8.42 Å². The van der Waals surface area contributed by atoms with E-state index in [2.05, 4.69) is 11.3 Å². The van der Waals surface area contributed by atoms with E-state index < -0.39 is 10.0 Å². The maximum Gasteiger partial charge on any atom is 0.250 e. The maximum absolute atomic E-state index is 11.8. The molecule has 4 nitrogen and oxygen atoms in total. The fourth-order valence-corrected chi connectivity index (χ4v) is 4.12. The lowest BCUT2D eigenvalue weighted by Crippen LogP contribution is -2.25. The summed E-state index contributed by atoms with van der Waals surface area (Å²) in [5, 5.41) is 0. The van der Waals surface area contributed by atoms with Crippen molar-refractivity contribution in [3.05, 3.63) is 29.7 Å². The van der Waals surface area contributed by atoms with Crippen LogP contribution in [0.25, 0.3) is 0 Å². The molecule has 0 unspecified atom stereocenters. The highest BCUT2D eigenvalue weighted by molar-refractivity contribution is 7.99. The van der Waals surface area contributed by atoms with Crippen LogP contribution < -0.4 is 10.5 Å². The van der Waals surface area contributed by atoms with Gasteiger partial charge < -0.3 is 5.73 Å². The summed E-state index contributed by atoms with van der Waals surface area (Å²) in [5.41, 5.74) is 5.44. The summed E-state index contributed by atoms with van der Waals surface area (Å²) in [6.45, 7) is 4.39. The average molecular weight is 292 g/mol. The first-order chi connectivity index (χ1) is 8.10. The summed E-state index contributed by atoms with van der Waals surface area (Å²) in [5.74, 6) is 1.57. The Kier molecular flexibility index (Phi) is 6.21. The van der Waals surface area contributed by atoms with Crippen molar-refractivity contribution < 1.29 is 8.42 Å². The molecule has 3 N–H and O–H groups in total. The van der Waals surface area contributed by atoms with E-state index in [0.29, 0.717) is 17.3 Å². The van der Waals surface area contributed by atoms with Gasteiger partial charge in [-0.2, -0.15) is 11.8 Å². The molecule has 7 heteroatoms. The van der Waals surface area contributed by atoms with Crippen molar-refractivity contribution in [1.82, 2.24) is 4.72 Å². The van der Waals surface area contributed by atoms with Crippen molar-refractivity contribution in [2.75, 3.05) is 18.1 Å². The Hall–Kier alpha value is -0.340. The van der Waals surface area contributed by atoms with Gasteiger partial charge in [0.25, 0.3) is 0 Å². The second kappa shape index (κ2) is 7.17. The molecule has 1 heterocycles. The summed E-state index contributed by atoms with van der Waals surface area (Å²) in [4.78, 5) is 0.867. The van der Waals surface area contributed by atoms with Crippen molar-refractivity contribution in [2.45, 2.75) is 10.8 Å². The van der Waals surface area contributed by atoms with Crippen LogP contribution in [0, 0.1) is 0 Å². The Morgan fingerprint density at radius 3 is 2.88 bits per heavy atom. The lowest BCUT2D eigenvalue weighted by molar-refractivity contribution is 0.586.